The van der Waals surface area contributed by atoms with E-state index in [0.29, 0.717) is 0 Å². The first-order chi connectivity index (χ1) is 11.5. The van der Waals surface area contributed by atoms with E-state index >= 15 is 0 Å². The molecule has 0 aromatic rings. The minimum atomic E-state index is -1.52. The van der Waals surface area contributed by atoms with E-state index in [-0.39, 0.29) is 0 Å². The summed E-state index contributed by atoms with van der Waals surface area (Å²) in [4.78, 5) is 0. The summed E-state index contributed by atoms with van der Waals surface area (Å²) >= 11 is 0. The molecule has 142 valence electrons. The molecule has 0 amide bonds. The zero-order valence-corrected chi connectivity index (χ0v) is 14.7. The zero-order chi connectivity index (χ0) is 17.9. The molecule has 1 unspecified atom stereocenters. The highest BCUT2D eigenvalue weighted by Crippen LogP contribution is 2.23. The van der Waals surface area contributed by atoms with Crippen LogP contribution in [-0.2, 0) is 0 Å². The molecule has 1 heterocycles. The summed E-state index contributed by atoms with van der Waals surface area (Å²) in [6, 6.07) is -0.937. The largest absolute Gasteiger partial charge is 0.394 e. The van der Waals surface area contributed by atoms with Gasteiger partial charge in [-0.1, -0.05) is 51.9 Å². The van der Waals surface area contributed by atoms with Gasteiger partial charge in [-0.15, -0.1) is 0 Å². The second-order valence-corrected chi connectivity index (χ2v) is 6.58. The van der Waals surface area contributed by atoms with E-state index in [1.807, 2.05) is 0 Å². The third-order valence-corrected chi connectivity index (χ3v) is 4.60. The summed E-state index contributed by atoms with van der Waals surface area (Å²) < 4.78 is 0. The summed E-state index contributed by atoms with van der Waals surface area (Å²) in [6.07, 6.45) is 6.23. The van der Waals surface area contributed by atoms with E-state index in [4.69, 9.17) is 0 Å². The Morgan fingerprint density at radius 3 is 2.00 bits per heavy atom. The van der Waals surface area contributed by atoms with Crippen LogP contribution in [0.4, 0.5) is 0 Å². The van der Waals surface area contributed by atoms with Crippen LogP contribution in [-0.4, -0.2) is 73.9 Å². The van der Waals surface area contributed by atoms with Crippen LogP contribution in [0.15, 0.2) is 5.10 Å². The summed E-state index contributed by atoms with van der Waals surface area (Å²) in [5, 5.41) is 53.6. The Hall–Kier alpha value is -0.730. The molecular formula is C17H34N2O5. The van der Waals surface area contributed by atoms with Crippen molar-refractivity contribution in [2.75, 3.05) is 6.61 Å². The molecule has 0 saturated carbocycles. The van der Waals surface area contributed by atoms with Crippen LogP contribution in [0.1, 0.15) is 64.7 Å². The van der Waals surface area contributed by atoms with Crippen molar-refractivity contribution in [2.45, 2.75) is 95.3 Å². The van der Waals surface area contributed by atoms with Gasteiger partial charge in [-0.2, -0.15) is 5.10 Å². The van der Waals surface area contributed by atoms with Crippen molar-refractivity contribution in [3.8, 4) is 0 Å². The Labute approximate surface area is 144 Å². The van der Waals surface area contributed by atoms with Gasteiger partial charge in [-0.25, -0.2) is 0 Å². The number of unbranched alkanes of at least 4 members (excludes halogenated alkanes) is 8. The van der Waals surface area contributed by atoms with Crippen LogP contribution < -0.4 is 0 Å². The topological polar surface area (TPSA) is 117 Å². The monoisotopic (exact) mass is 346 g/mol. The first kappa shape index (κ1) is 21.3. The number of hydrazone groups is 1. The van der Waals surface area contributed by atoms with Crippen LogP contribution in [0.5, 0.6) is 0 Å². The molecule has 0 bridgehead atoms. The highest BCUT2D eigenvalue weighted by Gasteiger charge is 2.46. The number of rotatable bonds is 11. The fourth-order valence-electron chi connectivity index (χ4n) is 2.98. The highest BCUT2D eigenvalue weighted by molar-refractivity contribution is 5.56. The number of hydrogen-bond acceptors (Lipinski definition) is 7. The number of nitrogens with zero attached hydrogens (tertiary/aromatic N) is 2. The van der Waals surface area contributed by atoms with E-state index in [1.165, 1.54) is 38.5 Å². The van der Waals surface area contributed by atoms with Crippen molar-refractivity contribution in [3.63, 3.8) is 0 Å². The van der Waals surface area contributed by atoms with Gasteiger partial charge in [-0.05, 0) is 12.8 Å². The normalized spacial score (nSPS) is 31.1. The summed E-state index contributed by atoms with van der Waals surface area (Å²) in [6.45, 7) is 1.73. The first-order valence-electron chi connectivity index (χ1n) is 9.18. The van der Waals surface area contributed by atoms with Crippen molar-refractivity contribution in [1.82, 2.24) is 5.01 Å². The number of aliphatic hydroxyl groups is 5. The van der Waals surface area contributed by atoms with E-state index in [0.717, 1.165) is 24.3 Å². The third-order valence-electron chi connectivity index (χ3n) is 4.60. The minimum absolute atomic E-state index is 0.475. The second-order valence-electron chi connectivity index (χ2n) is 6.58. The quantitative estimate of drug-likeness (QED) is 0.276. The van der Waals surface area contributed by atoms with Crippen LogP contribution in [0.2, 0.25) is 0 Å². The molecule has 7 heteroatoms. The summed E-state index contributed by atoms with van der Waals surface area (Å²) in [5.41, 5.74) is 0. The maximum atomic E-state index is 9.95. The molecule has 1 fully saturated rings. The average molecular weight is 346 g/mol. The predicted octanol–water partition coefficient (Wildman–Crippen LogP) is 0.581. The molecule has 7 nitrogen and oxygen atoms in total. The second kappa shape index (κ2) is 11.8. The van der Waals surface area contributed by atoms with Crippen LogP contribution in [0.25, 0.3) is 0 Å². The van der Waals surface area contributed by atoms with E-state index in [9.17, 15) is 25.5 Å². The zero-order valence-electron chi connectivity index (χ0n) is 14.7. The molecule has 24 heavy (non-hydrogen) atoms. The van der Waals surface area contributed by atoms with Crippen molar-refractivity contribution >= 4 is 6.21 Å². The fourth-order valence-corrected chi connectivity index (χ4v) is 2.98. The Morgan fingerprint density at radius 2 is 1.42 bits per heavy atom. The fraction of sp³-hybridized carbons (Fsp3) is 0.941. The van der Waals surface area contributed by atoms with Gasteiger partial charge in [0.25, 0.3) is 0 Å². The standard InChI is InChI=1S/C17H34N2O5/c1-2-3-4-5-6-7-8-9-10-11-18-19-13(12-20)14(21)15(22)16(23)17(19)24/h11,13-17,20-24H,2-10,12H2,1H3/b18-11+/t13-,14-,15+,16-,17?/m1/s1. The van der Waals surface area contributed by atoms with Crippen LogP contribution >= 0.6 is 0 Å². The lowest BCUT2D eigenvalue weighted by Crippen LogP contribution is -2.65. The lowest BCUT2D eigenvalue weighted by atomic mass is 9.94. The molecular weight excluding hydrogens is 312 g/mol. The molecule has 1 rings (SSSR count). The van der Waals surface area contributed by atoms with E-state index in [1.54, 1.807) is 6.21 Å². The summed E-state index contributed by atoms with van der Waals surface area (Å²) in [7, 11) is 0. The van der Waals surface area contributed by atoms with Crippen LogP contribution in [0.3, 0.4) is 0 Å². The van der Waals surface area contributed by atoms with Crippen molar-refractivity contribution in [1.29, 1.82) is 0 Å². The van der Waals surface area contributed by atoms with E-state index in [2.05, 4.69) is 12.0 Å². The molecule has 5 N–H and O–H groups in total. The number of hydrogen-bond donors (Lipinski definition) is 5. The van der Waals surface area contributed by atoms with Crippen molar-refractivity contribution in [3.05, 3.63) is 0 Å². The Kier molecular flexibility index (Phi) is 10.4. The van der Waals surface area contributed by atoms with Gasteiger partial charge < -0.3 is 25.5 Å². The van der Waals surface area contributed by atoms with Gasteiger partial charge in [0.2, 0.25) is 0 Å². The molecule has 0 spiro atoms. The molecule has 5 atom stereocenters. The minimum Gasteiger partial charge on any atom is -0.394 e. The number of piperidine rings is 1. The smallest absolute Gasteiger partial charge is 0.171 e. The number of aliphatic hydroxyl groups excluding tert-OH is 5. The summed E-state index contributed by atoms with van der Waals surface area (Å²) in [5.74, 6) is 0. The Morgan fingerprint density at radius 1 is 0.833 bits per heavy atom. The Bertz CT molecular complexity index is 356. The molecule has 1 aliphatic rings. The van der Waals surface area contributed by atoms with Crippen molar-refractivity contribution in [2.24, 2.45) is 5.10 Å². The lowest BCUT2D eigenvalue weighted by molar-refractivity contribution is -0.222. The van der Waals surface area contributed by atoms with Gasteiger partial charge in [0.05, 0.1) is 6.61 Å². The maximum absolute atomic E-state index is 9.95. The average Bonchev–Trinajstić information content (AvgIpc) is 2.59. The third kappa shape index (κ3) is 6.29. The van der Waals surface area contributed by atoms with E-state index < -0.39 is 37.2 Å². The maximum Gasteiger partial charge on any atom is 0.171 e. The van der Waals surface area contributed by atoms with Gasteiger partial charge >= 0.3 is 0 Å². The van der Waals surface area contributed by atoms with Gasteiger partial charge in [-0.3, -0.25) is 5.01 Å². The first-order valence-corrected chi connectivity index (χ1v) is 9.18. The SMILES string of the molecule is CCCCCCCCCC/C=N/N1C(O)[C@H](O)[C@@H](O)[C@H](O)[C@H]1CO. The predicted molar refractivity (Wildman–Crippen MR) is 92.5 cm³/mol. The molecule has 0 aromatic heterocycles. The highest BCUT2D eigenvalue weighted by atomic mass is 16.4. The van der Waals surface area contributed by atoms with Gasteiger partial charge in [0.1, 0.15) is 24.4 Å². The Balaban J connectivity index is 2.29. The van der Waals surface area contributed by atoms with Crippen LogP contribution in [0, 0.1) is 0 Å². The van der Waals surface area contributed by atoms with Crippen molar-refractivity contribution < 1.29 is 25.5 Å². The molecule has 1 saturated heterocycles. The van der Waals surface area contributed by atoms with Gasteiger partial charge in [0.15, 0.2) is 6.23 Å². The molecule has 0 aliphatic carbocycles. The molecule has 0 aromatic carbocycles. The lowest BCUT2D eigenvalue weighted by Gasteiger charge is -2.44. The van der Waals surface area contributed by atoms with Gasteiger partial charge in [0, 0.05) is 6.21 Å². The molecule has 1 aliphatic heterocycles. The molecule has 0 radical (unpaired) electrons.